The maximum Gasteiger partial charge on any atom is 0.198 e. The lowest BCUT2D eigenvalue weighted by Gasteiger charge is -2.12. The van der Waals surface area contributed by atoms with Gasteiger partial charge in [0.25, 0.3) is 0 Å². The first-order valence-electron chi connectivity index (χ1n) is 8.73. The summed E-state index contributed by atoms with van der Waals surface area (Å²) in [5.41, 5.74) is 3.02. The van der Waals surface area contributed by atoms with E-state index in [1.807, 2.05) is 42.5 Å². The Morgan fingerprint density at radius 3 is 2.70 bits per heavy atom. The van der Waals surface area contributed by atoms with Gasteiger partial charge in [-0.2, -0.15) is 0 Å². The second kappa shape index (κ2) is 7.52. The van der Waals surface area contributed by atoms with Crippen molar-refractivity contribution in [3.8, 4) is 0 Å². The lowest BCUT2D eigenvalue weighted by atomic mass is 9.94. The molecule has 27 heavy (non-hydrogen) atoms. The number of nitrogens with zero attached hydrogens (tertiary/aromatic N) is 1. The number of rotatable bonds is 6. The first kappa shape index (κ1) is 18.3. The fourth-order valence-corrected chi connectivity index (χ4v) is 4.46. The van der Waals surface area contributed by atoms with E-state index in [4.69, 9.17) is 4.52 Å². The molecule has 4 rings (SSSR count). The lowest BCUT2D eigenvalue weighted by Crippen LogP contribution is -2.08. The average molecular weight is 444 g/mol. The van der Waals surface area contributed by atoms with Gasteiger partial charge >= 0.3 is 0 Å². The van der Waals surface area contributed by atoms with Crippen molar-refractivity contribution < 1.29 is 13.5 Å². The summed E-state index contributed by atoms with van der Waals surface area (Å²) < 4.78 is 18.3. The minimum absolute atomic E-state index is 0.0734. The maximum absolute atomic E-state index is 13.2. The SMILES string of the molecule is CS(=O)c1ccccc1Cc1cc(Br)ccc1C(=O)c1cnoc1C1CC1. The third-order valence-corrected chi connectivity index (χ3v) is 6.28. The molecular formula is C21H18BrNO3S. The number of aromatic nitrogens is 1. The van der Waals surface area contributed by atoms with Crippen molar-refractivity contribution in [2.24, 2.45) is 0 Å². The second-order valence-electron chi connectivity index (χ2n) is 6.75. The highest BCUT2D eigenvalue weighted by atomic mass is 79.9. The summed E-state index contributed by atoms with van der Waals surface area (Å²) in [5, 5.41) is 3.85. The molecule has 0 aliphatic heterocycles. The zero-order valence-electron chi connectivity index (χ0n) is 14.8. The fourth-order valence-electron chi connectivity index (χ4n) is 3.27. The predicted molar refractivity (Wildman–Crippen MR) is 108 cm³/mol. The number of carbonyl (C=O) groups is 1. The monoisotopic (exact) mass is 443 g/mol. The Hall–Kier alpha value is -2.05. The zero-order chi connectivity index (χ0) is 19.0. The molecule has 0 N–H and O–H groups in total. The molecule has 2 aromatic carbocycles. The van der Waals surface area contributed by atoms with Crippen molar-refractivity contribution in [1.82, 2.24) is 5.16 Å². The van der Waals surface area contributed by atoms with Crippen LogP contribution in [0.15, 0.2) is 62.6 Å². The van der Waals surface area contributed by atoms with Crippen LogP contribution in [-0.4, -0.2) is 21.4 Å². The number of carbonyl (C=O) groups excluding carboxylic acids is 1. The Balaban J connectivity index is 1.74. The number of hydrogen-bond acceptors (Lipinski definition) is 4. The van der Waals surface area contributed by atoms with E-state index in [-0.39, 0.29) is 5.78 Å². The van der Waals surface area contributed by atoms with Crippen LogP contribution >= 0.6 is 15.9 Å². The Morgan fingerprint density at radius 1 is 1.19 bits per heavy atom. The molecule has 138 valence electrons. The van der Waals surface area contributed by atoms with Crippen LogP contribution in [0.25, 0.3) is 0 Å². The highest BCUT2D eigenvalue weighted by molar-refractivity contribution is 9.10. The van der Waals surface area contributed by atoms with E-state index in [0.29, 0.717) is 29.2 Å². The molecule has 0 radical (unpaired) electrons. The lowest BCUT2D eigenvalue weighted by molar-refractivity contribution is 0.103. The van der Waals surface area contributed by atoms with Crippen molar-refractivity contribution in [2.45, 2.75) is 30.1 Å². The molecule has 6 heteroatoms. The van der Waals surface area contributed by atoms with Crippen molar-refractivity contribution in [3.05, 3.63) is 81.1 Å². The zero-order valence-corrected chi connectivity index (χ0v) is 17.2. The van der Waals surface area contributed by atoms with Crippen molar-refractivity contribution in [2.75, 3.05) is 6.26 Å². The van der Waals surface area contributed by atoms with Gasteiger partial charge in [0, 0.05) is 27.1 Å². The van der Waals surface area contributed by atoms with Crippen molar-refractivity contribution >= 4 is 32.5 Å². The highest BCUT2D eigenvalue weighted by Crippen LogP contribution is 2.42. The Kier molecular flexibility index (Phi) is 5.10. The second-order valence-corrected chi connectivity index (χ2v) is 9.01. The molecule has 1 aliphatic carbocycles. The normalized spacial score (nSPS) is 14.9. The summed E-state index contributed by atoms with van der Waals surface area (Å²) in [6.07, 6.45) is 5.80. The van der Waals surface area contributed by atoms with E-state index >= 15 is 0 Å². The third kappa shape index (κ3) is 3.82. The van der Waals surface area contributed by atoms with Gasteiger partial charge in [-0.1, -0.05) is 39.3 Å². The van der Waals surface area contributed by atoms with Crippen LogP contribution in [0, 0.1) is 0 Å². The van der Waals surface area contributed by atoms with Crippen LogP contribution < -0.4 is 0 Å². The van der Waals surface area contributed by atoms with Crippen LogP contribution in [0.5, 0.6) is 0 Å². The van der Waals surface area contributed by atoms with Crippen LogP contribution in [0.2, 0.25) is 0 Å². The van der Waals surface area contributed by atoms with Crippen LogP contribution in [0.4, 0.5) is 0 Å². The minimum atomic E-state index is -1.09. The quantitative estimate of drug-likeness (QED) is 0.509. The maximum atomic E-state index is 13.2. The Bertz CT molecular complexity index is 1040. The summed E-state index contributed by atoms with van der Waals surface area (Å²) in [6.45, 7) is 0. The summed E-state index contributed by atoms with van der Waals surface area (Å²) in [4.78, 5) is 14.0. The van der Waals surface area contributed by atoms with E-state index in [1.165, 1.54) is 6.20 Å². The molecule has 3 aromatic rings. The topological polar surface area (TPSA) is 60.2 Å². The summed E-state index contributed by atoms with van der Waals surface area (Å²) >= 11 is 3.50. The predicted octanol–water partition coefficient (Wildman–Crippen LogP) is 4.87. The van der Waals surface area contributed by atoms with Crippen molar-refractivity contribution in [3.63, 3.8) is 0 Å². The standard InChI is InChI=1S/C21H18BrNO3S/c1-27(25)19-5-3-2-4-14(19)10-15-11-16(22)8-9-17(15)20(24)18-12-23-26-21(18)13-6-7-13/h2-5,8-9,11-13H,6-7,10H2,1H3. The summed E-state index contributed by atoms with van der Waals surface area (Å²) in [7, 11) is -1.09. The van der Waals surface area contributed by atoms with Gasteiger partial charge in [-0.15, -0.1) is 0 Å². The minimum Gasteiger partial charge on any atom is -0.360 e. The molecule has 0 saturated heterocycles. The van der Waals surface area contributed by atoms with Crippen LogP contribution in [0.3, 0.4) is 0 Å². The van der Waals surface area contributed by atoms with E-state index in [1.54, 1.807) is 6.26 Å². The van der Waals surface area contributed by atoms with Gasteiger partial charge in [-0.05, 0) is 54.7 Å². The van der Waals surface area contributed by atoms with Gasteiger partial charge in [-0.3, -0.25) is 9.00 Å². The molecule has 0 bridgehead atoms. The summed E-state index contributed by atoms with van der Waals surface area (Å²) in [5.74, 6) is 0.938. The molecular weight excluding hydrogens is 426 g/mol. The fraction of sp³-hybridized carbons (Fsp3) is 0.238. The van der Waals surface area contributed by atoms with Gasteiger partial charge in [0.15, 0.2) is 11.5 Å². The van der Waals surface area contributed by atoms with E-state index in [9.17, 15) is 9.00 Å². The molecule has 1 atom stereocenters. The van der Waals surface area contributed by atoms with Crippen molar-refractivity contribution in [1.29, 1.82) is 0 Å². The number of ketones is 1. The molecule has 1 unspecified atom stereocenters. The Morgan fingerprint density at radius 2 is 1.96 bits per heavy atom. The van der Waals surface area contributed by atoms with Gasteiger partial charge in [0.2, 0.25) is 0 Å². The first-order valence-corrected chi connectivity index (χ1v) is 11.1. The largest absolute Gasteiger partial charge is 0.360 e. The number of benzene rings is 2. The van der Waals surface area contributed by atoms with Gasteiger partial charge in [0.05, 0.1) is 22.6 Å². The molecule has 1 fully saturated rings. The van der Waals surface area contributed by atoms with Gasteiger partial charge in [0.1, 0.15) is 0 Å². The Labute approximate surface area is 168 Å². The third-order valence-electron chi connectivity index (χ3n) is 4.77. The van der Waals surface area contributed by atoms with Crippen LogP contribution in [0.1, 0.15) is 51.6 Å². The first-order chi connectivity index (χ1) is 13.0. The number of hydrogen-bond donors (Lipinski definition) is 0. The molecule has 1 aromatic heterocycles. The number of halogens is 1. The van der Waals surface area contributed by atoms with Crippen LogP contribution in [-0.2, 0) is 17.2 Å². The van der Waals surface area contributed by atoms with E-state index in [0.717, 1.165) is 33.3 Å². The highest BCUT2D eigenvalue weighted by Gasteiger charge is 2.33. The van der Waals surface area contributed by atoms with E-state index < -0.39 is 10.8 Å². The molecule has 1 heterocycles. The molecule has 0 spiro atoms. The van der Waals surface area contributed by atoms with Gasteiger partial charge < -0.3 is 4.52 Å². The molecule has 1 saturated carbocycles. The molecule has 0 amide bonds. The molecule has 4 nitrogen and oxygen atoms in total. The smallest absolute Gasteiger partial charge is 0.198 e. The van der Waals surface area contributed by atoms with Gasteiger partial charge in [-0.25, -0.2) is 0 Å². The average Bonchev–Trinajstić information content (AvgIpc) is 3.38. The summed E-state index contributed by atoms with van der Waals surface area (Å²) in [6, 6.07) is 13.3. The van der Waals surface area contributed by atoms with E-state index in [2.05, 4.69) is 21.1 Å². The molecule has 1 aliphatic rings.